The molecule has 1 aliphatic heterocycles. The van der Waals surface area contributed by atoms with Crippen LogP contribution < -0.4 is 11.4 Å². The zero-order valence-corrected chi connectivity index (χ0v) is 12.9. The van der Waals surface area contributed by atoms with Crippen LogP contribution in [0.3, 0.4) is 0 Å². The first kappa shape index (κ1) is 17.0. The first-order valence-electron chi connectivity index (χ1n) is 7.42. The lowest BCUT2D eigenvalue weighted by atomic mass is 10.1. The molecular formula is C15H16N4O6. The van der Waals surface area contributed by atoms with Crippen LogP contribution in [0.4, 0.5) is 5.95 Å². The number of carbonyl (C=O) groups is 1. The zero-order valence-electron chi connectivity index (χ0n) is 12.9. The molecule has 132 valence electrons. The van der Waals surface area contributed by atoms with Gasteiger partial charge in [-0.25, -0.2) is 14.6 Å². The largest absolute Gasteiger partial charge is 0.451 e. The second kappa shape index (κ2) is 6.97. The Bertz CT molecular complexity index is 811. The summed E-state index contributed by atoms with van der Waals surface area (Å²) < 4.78 is 11.7. The number of aliphatic hydroxyl groups is 2. The molecular weight excluding hydrogens is 332 g/mol. The van der Waals surface area contributed by atoms with Gasteiger partial charge >= 0.3 is 11.7 Å². The lowest BCUT2D eigenvalue weighted by molar-refractivity contribution is -0.0607. The van der Waals surface area contributed by atoms with E-state index in [0.717, 1.165) is 10.9 Å². The van der Waals surface area contributed by atoms with Gasteiger partial charge < -0.3 is 25.4 Å². The van der Waals surface area contributed by atoms with Gasteiger partial charge in [0.1, 0.15) is 18.5 Å². The smallest absolute Gasteiger partial charge is 0.354 e. The molecule has 25 heavy (non-hydrogen) atoms. The Balaban J connectivity index is 1.90. The number of anilines is 1. The van der Waals surface area contributed by atoms with E-state index in [1.807, 2.05) is 0 Å². The van der Waals surface area contributed by atoms with Gasteiger partial charge in [-0.15, -0.1) is 0 Å². The maximum absolute atomic E-state index is 12.3. The maximum Gasteiger partial charge on any atom is 0.354 e. The van der Waals surface area contributed by atoms with Crippen molar-refractivity contribution in [3.05, 3.63) is 52.7 Å². The van der Waals surface area contributed by atoms with Crippen molar-refractivity contribution in [1.29, 1.82) is 0 Å². The van der Waals surface area contributed by atoms with Crippen LogP contribution >= 0.6 is 0 Å². The van der Waals surface area contributed by atoms with Crippen LogP contribution in [0, 0.1) is 0 Å². The molecule has 1 saturated heterocycles. The van der Waals surface area contributed by atoms with Gasteiger partial charge in [0.2, 0.25) is 5.95 Å². The molecule has 0 saturated carbocycles. The van der Waals surface area contributed by atoms with Crippen molar-refractivity contribution in [2.75, 3.05) is 12.3 Å². The van der Waals surface area contributed by atoms with Crippen LogP contribution in [0.15, 0.2) is 41.5 Å². The Morgan fingerprint density at radius 2 is 2.08 bits per heavy atom. The molecule has 0 aliphatic carbocycles. The van der Waals surface area contributed by atoms with Crippen molar-refractivity contribution in [3.8, 4) is 0 Å². The lowest BCUT2D eigenvalue weighted by Crippen LogP contribution is -2.39. The summed E-state index contributed by atoms with van der Waals surface area (Å²) >= 11 is 0. The van der Waals surface area contributed by atoms with Gasteiger partial charge in [0.15, 0.2) is 12.3 Å². The minimum Gasteiger partial charge on any atom is -0.451 e. The molecule has 4 N–H and O–H groups in total. The summed E-state index contributed by atoms with van der Waals surface area (Å²) in [6.45, 7) is -0.526. The Kier molecular flexibility index (Phi) is 4.74. The third kappa shape index (κ3) is 3.36. The van der Waals surface area contributed by atoms with E-state index in [4.69, 9.17) is 15.2 Å². The van der Waals surface area contributed by atoms with E-state index >= 15 is 0 Å². The zero-order chi connectivity index (χ0) is 18.0. The summed E-state index contributed by atoms with van der Waals surface area (Å²) in [5, 5.41) is 19.6. The van der Waals surface area contributed by atoms with Crippen LogP contribution in [0.1, 0.15) is 16.6 Å². The molecule has 0 spiro atoms. The molecule has 0 radical (unpaired) electrons. The highest BCUT2D eigenvalue weighted by atomic mass is 16.6. The van der Waals surface area contributed by atoms with Gasteiger partial charge in [0, 0.05) is 0 Å². The summed E-state index contributed by atoms with van der Waals surface area (Å²) in [4.78, 5) is 31.4. The maximum atomic E-state index is 12.3. The standard InChI is InChI=1S/C15H16N4O6/c16-14-17-7-19(15(23)18-14)12-11(10(21)9(6-20)24-12)25-13(22)8-4-2-1-3-5-8/h1-5,7,9-12,20-21H,6H2,(H2,16,18,23)/t9-,10-,11-,12-/m1/s1. The van der Waals surface area contributed by atoms with Crippen molar-refractivity contribution in [2.24, 2.45) is 0 Å². The van der Waals surface area contributed by atoms with Crippen molar-refractivity contribution in [1.82, 2.24) is 14.5 Å². The molecule has 4 atom stereocenters. The van der Waals surface area contributed by atoms with Crippen molar-refractivity contribution in [2.45, 2.75) is 24.5 Å². The van der Waals surface area contributed by atoms with Crippen LogP contribution in [-0.2, 0) is 9.47 Å². The molecule has 2 aromatic rings. The third-order valence-corrected chi connectivity index (χ3v) is 3.76. The topological polar surface area (TPSA) is 150 Å². The molecule has 0 bridgehead atoms. The monoisotopic (exact) mass is 348 g/mol. The van der Waals surface area contributed by atoms with E-state index < -0.39 is 42.8 Å². The number of rotatable bonds is 4. The fraction of sp³-hybridized carbons (Fsp3) is 0.333. The summed E-state index contributed by atoms with van der Waals surface area (Å²) in [7, 11) is 0. The van der Waals surface area contributed by atoms with Crippen molar-refractivity contribution < 1.29 is 24.5 Å². The van der Waals surface area contributed by atoms with Gasteiger partial charge in [-0.1, -0.05) is 18.2 Å². The van der Waals surface area contributed by atoms with E-state index in [-0.39, 0.29) is 11.5 Å². The molecule has 1 aromatic carbocycles. The molecule has 0 unspecified atom stereocenters. The van der Waals surface area contributed by atoms with Gasteiger partial charge in [0.25, 0.3) is 0 Å². The first-order chi connectivity index (χ1) is 12.0. The molecule has 10 heteroatoms. The number of benzene rings is 1. The van der Waals surface area contributed by atoms with Gasteiger partial charge in [0.05, 0.1) is 12.2 Å². The summed E-state index contributed by atoms with van der Waals surface area (Å²) in [5.41, 5.74) is 4.82. The van der Waals surface area contributed by atoms with Crippen molar-refractivity contribution >= 4 is 11.9 Å². The quantitative estimate of drug-likeness (QED) is 0.573. The second-order valence-electron chi connectivity index (χ2n) is 5.38. The van der Waals surface area contributed by atoms with Gasteiger partial charge in [-0.05, 0) is 12.1 Å². The van der Waals surface area contributed by atoms with Gasteiger partial charge in [-0.3, -0.25) is 4.57 Å². The third-order valence-electron chi connectivity index (χ3n) is 3.76. The average molecular weight is 348 g/mol. The highest BCUT2D eigenvalue weighted by molar-refractivity contribution is 5.89. The highest BCUT2D eigenvalue weighted by Crippen LogP contribution is 2.31. The fourth-order valence-corrected chi connectivity index (χ4v) is 2.52. The molecule has 10 nitrogen and oxygen atoms in total. The SMILES string of the molecule is Nc1ncn([C@@H]2O[C@H](CO)[C@@H](O)[C@H]2OC(=O)c2ccccc2)c(=O)n1. The molecule has 3 rings (SSSR count). The Morgan fingerprint density at radius 1 is 1.36 bits per heavy atom. The number of carbonyl (C=O) groups excluding carboxylic acids is 1. The number of nitrogen functional groups attached to an aromatic ring is 1. The average Bonchev–Trinajstić information content (AvgIpc) is 2.92. The van der Waals surface area contributed by atoms with E-state index in [9.17, 15) is 19.8 Å². The number of ether oxygens (including phenoxy) is 2. The summed E-state index contributed by atoms with van der Waals surface area (Å²) in [5.74, 6) is -0.933. The second-order valence-corrected chi connectivity index (χ2v) is 5.38. The van der Waals surface area contributed by atoms with Crippen LogP contribution in [0.5, 0.6) is 0 Å². The molecule has 1 aromatic heterocycles. The summed E-state index contributed by atoms with van der Waals surface area (Å²) in [6.07, 6.45) is -3.75. The molecule has 0 amide bonds. The lowest BCUT2D eigenvalue weighted by Gasteiger charge is -2.21. The first-order valence-corrected chi connectivity index (χ1v) is 7.42. The Morgan fingerprint density at radius 3 is 2.72 bits per heavy atom. The Hall–Kier alpha value is -2.82. The predicted octanol–water partition coefficient (Wildman–Crippen LogP) is -1.30. The number of aromatic nitrogens is 3. The minimum absolute atomic E-state index is 0.226. The number of nitrogens with two attached hydrogens (primary N) is 1. The van der Waals surface area contributed by atoms with E-state index in [2.05, 4.69) is 9.97 Å². The number of nitrogens with zero attached hydrogens (tertiary/aromatic N) is 3. The highest BCUT2D eigenvalue weighted by Gasteiger charge is 2.47. The van der Waals surface area contributed by atoms with Crippen molar-refractivity contribution in [3.63, 3.8) is 0 Å². The normalized spacial score (nSPS) is 25.7. The number of esters is 1. The number of hydrogen-bond donors (Lipinski definition) is 3. The molecule has 1 fully saturated rings. The van der Waals surface area contributed by atoms with Gasteiger partial charge in [-0.2, -0.15) is 4.98 Å². The van der Waals surface area contributed by atoms with E-state index in [1.54, 1.807) is 30.3 Å². The Labute approximate surface area is 141 Å². The van der Waals surface area contributed by atoms with Crippen LogP contribution in [-0.4, -0.2) is 55.6 Å². The van der Waals surface area contributed by atoms with E-state index in [1.165, 1.54) is 0 Å². The predicted molar refractivity (Wildman–Crippen MR) is 83.4 cm³/mol. The van der Waals surface area contributed by atoms with E-state index in [0.29, 0.717) is 0 Å². The minimum atomic E-state index is -1.34. The molecule has 1 aliphatic rings. The van der Waals surface area contributed by atoms with Crippen LogP contribution in [0.25, 0.3) is 0 Å². The molecule has 2 heterocycles. The number of aliphatic hydroxyl groups excluding tert-OH is 2. The fourth-order valence-electron chi connectivity index (χ4n) is 2.52. The van der Waals surface area contributed by atoms with Crippen LogP contribution in [0.2, 0.25) is 0 Å². The summed E-state index contributed by atoms with van der Waals surface area (Å²) in [6, 6.07) is 8.14. The number of hydrogen-bond acceptors (Lipinski definition) is 9.